The van der Waals surface area contributed by atoms with Crippen LogP contribution in [0.5, 0.6) is 0 Å². The number of aromatic nitrogens is 3. The van der Waals surface area contributed by atoms with Crippen molar-refractivity contribution in [3.63, 3.8) is 0 Å². The predicted octanol–water partition coefficient (Wildman–Crippen LogP) is 4.03. The highest BCUT2D eigenvalue weighted by atomic mass is 35.5. The number of aromatic amines is 1. The summed E-state index contributed by atoms with van der Waals surface area (Å²) in [6.45, 7) is 3.88. The van der Waals surface area contributed by atoms with Crippen LogP contribution in [0.4, 0.5) is 0 Å². The molecule has 1 aromatic heterocycles. The maximum Gasteiger partial charge on any atom is 0.191 e. The molecule has 0 spiro atoms. The van der Waals surface area contributed by atoms with Gasteiger partial charge in [0, 0.05) is 28.7 Å². The fourth-order valence-electron chi connectivity index (χ4n) is 2.52. The van der Waals surface area contributed by atoms with Gasteiger partial charge in [-0.05, 0) is 36.2 Å². The van der Waals surface area contributed by atoms with Crippen molar-refractivity contribution in [2.75, 3.05) is 6.54 Å². The molecule has 3 aromatic rings. The van der Waals surface area contributed by atoms with Crippen LogP contribution in [-0.2, 0) is 13.1 Å². The molecule has 3 N–H and O–H groups in total. The maximum atomic E-state index is 6.23. The zero-order chi connectivity index (χ0) is 19.1. The van der Waals surface area contributed by atoms with E-state index in [4.69, 9.17) is 23.2 Å². The molecule has 0 saturated heterocycles. The van der Waals surface area contributed by atoms with Gasteiger partial charge in [0.15, 0.2) is 11.8 Å². The zero-order valence-electron chi connectivity index (χ0n) is 14.8. The van der Waals surface area contributed by atoms with Gasteiger partial charge in [-0.15, -0.1) is 0 Å². The van der Waals surface area contributed by atoms with Crippen molar-refractivity contribution < 1.29 is 0 Å². The van der Waals surface area contributed by atoms with E-state index in [9.17, 15) is 0 Å². The number of nitrogens with zero attached hydrogens (tertiary/aromatic N) is 3. The van der Waals surface area contributed by atoms with Crippen LogP contribution in [-0.4, -0.2) is 27.7 Å². The first-order valence-electron chi connectivity index (χ1n) is 8.56. The number of benzene rings is 2. The van der Waals surface area contributed by atoms with Crippen molar-refractivity contribution >= 4 is 29.2 Å². The molecule has 0 unspecified atom stereocenters. The van der Waals surface area contributed by atoms with E-state index in [2.05, 4.69) is 30.8 Å². The summed E-state index contributed by atoms with van der Waals surface area (Å²) in [7, 11) is 0. The van der Waals surface area contributed by atoms with Crippen LogP contribution in [0.3, 0.4) is 0 Å². The Morgan fingerprint density at radius 1 is 1.15 bits per heavy atom. The Kier molecular flexibility index (Phi) is 6.68. The summed E-state index contributed by atoms with van der Waals surface area (Å²) < 4.78 is 0. The second-order valence-corrected chi connectivity index (χ2v) is 6.66. The SMILES string of the molecule is CCNC(=NCc1cccc(-c2ncn[nH]2)c1)NCc1ccc(Cl)cc1Cl. The summed E-state index contributed by atoms with van der Waals surface area (Å²) in [6, 6.07) is 13.5. The largest absolute Gasteiger partial charge is 0.357 e. The van der Waals surface area contributed by atoms with Gasteiger partial charge in [0.2, 0.25) is 0 Å². The molecule has 0 fully saturated rings. The van der Waals surface area contributed by atoms with E-state index in [1.807, 2.05) is 43.3 Å². The van der Waals surface area contributed by atoms with Gasteiger partial charge in [-0.1, -0.05) is 47.5 Å². The molecule has 3 rings (SSSR count). The van der Waals surface area contributed by atoms with Crippen LogP contribution in [0, 0.1) is 0 Å². The molecule has 27 heavy (non-hydrogen) atoms. The maximum absolute atomic E-state index is 6.23. The highest BCUT2D eigenvalue weighted by Crippen LogP contribution is 2.20. The monoisotopic (exact) mass is 402 g/mol. The van der Waals surface area contributed by atoms with E-state index in [1.54, 1.807) is 6.07 Å². The Bertz CT molecular complexity index is 908. The minimum absolute atomic E-state index is 0.533. The molecule has 0 aliphatic carbocycles. The smallest absolute Gasteiger partial charge is 0.191 e. The number of rotatable bonds is 6. The Morgan fingerprint density at radius 2 is 2.04 bits per heavy atom. The number of hydrogen-bond acceptors (Lipinski definition) is 3. The van der Waals surface area contributed by atoms with Crippen molar-refractivity contribution in [3.8, 4) is 11.4 Å². The zero-order valence-corrected chi connectivity index (χ0v) is 16.3. The number of nitrogens with one attached hydrogen (secondary N) is 3. The lowest BCUT2D eigenvalue weighted by atomic mass is 10.1. The van der Waals surface area contributed by atoms with Gasteiger partial charge < -0.3 is 10.6 Å². The first-order valence-corrected chi connectivity index (χ1v) is 9.32. The minimum Gasteiger partial charge on any atom is -0.357 e. The molecular weight excluding hydrogens is 383 g/mol. The summed E-state index contributed by atoms with van der Waals surface area (Å²) in [4.78, 5) is 8.83. The van der Waals surface area contributed by atoms with E-state index >= 15 is 0 Å². The Labute approximate surface area is 168 Å². The normalized spacial score (nSPS) is 11.4. The Hall–Kier alpha value is -2.57. The second kappa shape index (κ2) is 9.39. The lowest BCUT2D eigenvalue weighted by Crippen LogP contribution is -2.36. The fraction of sp³-hybridized carbons (Fsp3) is 0.211. The van der Waals surface area contributed by atoms with Crippen LogP contribution in [0.1, 0.15) is 18.1 Å². The average molecular weight is 403 g/mol. The van der Waals surface area contributed by atoms with E-state index in [1.165, 1.54) is 6.33 Å². The van der Waals surface area contributed by atoms with Gasteiger partial charge in [-0.3, -0.25) is 5.10 Å². The van der Waals surface area contributed by atoms with Gasteiger partial charge in [0.1, 0.15) is 6.33 Å². The molecule has 0 aliphatic rings. The van der Waals surface area contributed by atoms with Crippen LogP contribution >= 0.6 is 23.2 Å². The molecular formula is C19H20Cl2N6. The molecule has 0 aliphatic heterocycles. The number of guanidine groups is 1. The van der Waals surface area contributed by atoms with Gasteiger partial charge in [0.05, 0.1) is 6.54 Å². The van der Waals surface area contributed by atoms with Crippen molar-refractivity contribution in [1.82, 2.24) is 25.8 Å². The summed E-state index contributed by atoms with van der Waals surface area (Å²) in [5.41, 5.74) is 3.01. The van der Waals surface area contributed by atoms with Crippen molar-refractivity contribution in [2.45, 2.75) is 20.0 Å². The van der Waals surface area contributed by atoms with E-state index in [-0.39, 0.29) is 0 Å². The molecule has 8 heteroatoms. The minimum atomic E-state index is 0.533. The predicted molar refractivity (Wildman–Crippen MR) is 110 cm³/mol. The van der Waals surface area contributed by atoms with Gasteiger partial charge in [-0.2, -0.15) is 5.10 Å². The molecule has 0 bridgehead atoms. The lowest BCUT2D eigenvalue weighted by Gasteiger charge is -2.12. The van der Waals surface area contributed by atoms with Crippen LogP contribution in [0.2, 0.25) is 10.0 Å². The molecule has 0 atom stereocenters. The van der Waals surface area contributed by atoms with Crippen LogP contribution in [0.25, 0.3) is 11.4 Å². The highest BCUT2D eigenvalue weighted by Gasteiger charge is 2.05. The van der Waals surface area contributed by atoms with E-state index in [0.717, 1.165) is 29.1 Å². The fourth-order valence-corrected chi connectivity index (χ4v) is 2.99. The topological polar surface area (TPSA) is 78.0 Å². The van der Waals surface area contributed by atoms with E-state index in [0.29, 0.717) is 29.1 Å². The number of hydrogen-bond donors (Lipinski definition) is 3. The first kappa shape index (κ1) is 19.2. The second-order valence-electron chi connectivity index (χ2n) is 5.82. The van der Waals surface area contributed by atoms with Gasteiger partial charge in [0.25, 0.3) is 0 Å². The third-order valence-electron chi connectivity index (χ3n) is 3.84. The Balaban J connectivity index is 1.67. The Morgan fingerprint density at radius 3 is 2.78 bits per heavy atom. The number of halogens is 2. The first-order chi connectivity index (χ1) is 13.2. The van der Waals surface area contributed by atoms with Gasteiger partial charge >= 0.3 is 0 Å². The van der Waals surface area contributed by atoms with E-state index < -0.39 is 0 Å². The van der Waals surface area contributed by atoms with Crippen molar-refractivity contribution in [1.29, 1.82) is 0 Å². The summed E-state index contributed by atoms with van der Waals surface area (Å²) in [6.07, 6.45) is 1.50. The van der Waals surface area contributed by atoms with Crippen molar-refractivity contribution in [2.24, 2.45) is 4.99 Å². The summed E-state index contributed by atoms with van der Waals surface area (Å²) in [5.74, 6) is 1.46. The third kappa shape index (κ3) is 5.45. The summed E-state index contributed by atoms with van der Waals surface area (Å²) in [5, 5.41) is 14.5. The summed E-state index contributed by atoms with van der Waals surface area (Å²) >= 11 is 12.2. The molecule has 0 amide bonds. The van der Waals surface area contributed by atoms with Crippen LogP contribution in [0.15, 0.2) is 53.8 Å². The molecule has 140 valence electrons. The number of aliphatic imine (C=N–C) groups is 1. The van der Waals surface area contributed by atoms with Crippen molar-refractivity contribution in [3.05, 3.63) is 70.0 Å². The molecule has 2 aromatic carbocycles. The molecule has 1 heterocycles. The standard InChI is InChI=1S/C19H20Cl2N6/c1-2-22-19(24-11-15-6-7-16(20)9-17(15)21)23-10-13-4-3-5-14(8-13)18-25-12-26-27-18/h3-9,12H,2,10-11H2,1H3,(H2,22,23,24)(H,25,26,27). The van der Waals surface area contributed by atoms with Gasteiger partial charge in [-0.25, -0.2) is 9.98 Å². The van der Waals surface area contributed by atoms with Crippen LogP contribution < -0.4 is 10.6 Å². The third-order valence-corrected chi connectivity index (χ3v) is 4.43. The number of H-pyrrole nitrogens is 1. The molecule has 0 radical (unpaired) electrons. The lowest BCUT2D eigenvalue weighted by molar-refractivity contribution is 0.816. The average Bonchev–Trinajstić information content (AvgIpc) is 3.20. The highest BCUT2D eigenvalue weighted by molar-refractivity contribution is 6.35. The molecule has 6 nitrogen and oxygen atoms in total. The quantitative estimate of drug-likeness (QED) is 0.429. The molecule has 0 saturated carbocycles.